The highest BCUT2D eigenvalue weighted by atomic mass is 16.2. The molecule has 2 aliphatic carbocycles. The van der Waals surface area contributed by atoms with Gasteiger partial charge < -0.3 is 15.5 Å². The highest BCUT2D eigenvalue weighted by Gasteiger charge is 2.38. The van der Waals surface area contributed by atoms with Gasteiger partial charge in [0.1, 0.15) is 11.9 Å². The molecule has 2 N–H and O–H groups in total. The fourth-order valence-electron chi connectivity index (χ4n) is 7.38. The smallest absolute Gasteiger partial charge is 0.330 e. The van der Waals surface area contributed by atoms with Gasteiger partial charge in [0.05, 0.1) is 36.1 Å². The van der Waals surface area contributed by atoms with E-state index in [1.165, 1.54) is 4.90 Å². The number of benzene rings is 1. The fourth-order valence-corrected chi connectivity index (χ4v) is 7.38. The average Bonchev–Trinajstić information content (AvgIpc) is 3.29. The Hall–Kier alpha value is -6.17. The Morgan fingerprint density at radius 3 is 2.53 bits per heavy atom. The van der Waals surface area contributed by atoms with Crippen molar-refractivity contribution in [3.05, 3.63) is 131 Å². The molecule has 4 heterocycles. The Morgan fingerprint density at radius 1 is 1.00 bits per heavy atom. The molecule has 0 spiro atoms. The van der Waals surface area contributed by atoms with E-state index in [0.717, 1.165) is 45.1 Å². The molecule has 2 aliphatic heterocycles. The van der Waals surface area contributed by atoms with E-state index < -0.39 is 12.0 Å². The number of hydrogen-bond acceptors (Lipinski definition) is 8. The van der Waals surface area contributed by atoms with E-state index in [1.54, 1.807) is 35.3 Å². The number of urea groups is 1. The average molecular weight is 738 g/mol. The highest BCUT2D eigenvalue weighted by Crippen LogP contribution is 2.35. The Morgan fingerprint density at radius 2 is 1.80 bits per heavy atom. The van der Waals surface area contributed by atoms with Gasteiger partial charge in [-0.3, -0.25) is 29.4 Å². The Balaban J connectivity index is 1.11. The van der Waals surface area contributed by atoms with Crippen LogP contribution in [0, 0.1) is 18.8 Å². The predicted octanol–water partition coefficient (Wildman–Crippen LogP) is 6.78. The van der Waals surface area contributed by atoms with Crippen LogP contribution in [-0.2, 0) is 16.1 Å². The zero-order chi connectivity index (χ0) is 38.8. The summed E-state index contributed by atoms with van der Waals surface area (Å²) in [5.41, 5.74) is 7.32. The molecule has 12 heteroatoms. The van der Waals surface area contributed by atoms with Crippen LogP contribution >= 0.6 is 0 Å². The second-order valence-electron chi connectivity index (χ2n) is 14.8. The molecule has 282 valence electrons. The van der Waals surface area contributed by atoms with Crippen LogP contribution in [0.15, 0.2) is 119 Å². The van der Waals surface area contributed by atoms with Crippen molar-refractivity contribution in [2.24, 2.45) is 16.8 Å². The molecular formula is C43H47N9O3. The minimum atomic E-state index is -0.555. The number of rotatable bonds is 10. The number of nitrogens with one attached hydrogen (secondary N) is 2. The molecule has 55 heavy (non-hydrogen) atoms. The van der Waals surface area contributed by atoms with Crippen molar-refractivity contribution in [1.29, 1.82) is 0 Å². The maximum absolute atomic E-state index is 14.1. The Kier molecular flexibility index (Phi) is 10.6. The molecule has 2 aromatic heterocycles. The lowest BCUT2D eigenvalue weighted by molar-refractivity contribution is -0.130. The molecule has 4 aliphatic rings. The number of fused-ring (bicyclic) bond motifs is 2. The van der Waals surface area contributed by atoms with Gasteiger partial charge in [0.2, 0.25) is 11.9 Å². The number of nitrogens with zero attached hydrogens (tertiary/aromatic N) is 7. The lowest BCUT2D eigenvalue weighted by atomic mass is 9.88. The van der Waals surface area contributed by atoms with Gasteiger partial charge in [-0.2, -0.15) is 4.98 Å². The molecule has 0 saturated heterocycles. The van der Waals surface area contributed by atoms with Crippen molar-refractivity contribution in [1.82, 2.24) is 30.1 Å². The molecule has 3 aromatic rings. The van der Waals surface area contributed by atoms with Gasteiger partial charge in [-0.25, -0.2) is 9.78 Å². The molecular weight excluding hydrogens is 691 g/mol. The summed E-state index contributed by atoms with van der Waals surface area (Å²) in [5.74, 6) is 0.372. The van der Waals surface area contributed by atoms with Crippen molar-refractivity contribution in [2.45, 2.75) is 65.6 Å². The zero-order valence-electron chi connectivity index (χ0n) is 32.0. The third kappa shape index (κ3) is 7.75. The van der Waals surface area contributed by atoms with Crippen molar-refractivity contribution in [3.63, 3.8) is 0 Å². The van der Waals surface area contributed by atoms with Gasteiger partial charge in [-0.15, -0.1) is 6.58 Å². The third-order valence-electron chi connectivity index (χ3n) is 10.2. The van der Waals surface area contributed by atoms with E-state index in [1.807, 2.05) is 80.6 Å². The number of allylic oxidation sites excluding steroid dienone is 3. The number of aromatic nitrogens is 3. The molecule has 0 saturated carbocycles. The van der Waals surface area contributed by atoms with Gasteiger partial charge in [0, 0.05) is 53.6 Å². The van der Waals surface area contributed by atoms with Gasteiger partial charge >= 0.3 is 6.03 Å². The molecule has 12 nitrogen and oxygen atoms in total. The Bertz CT molecular complexity index is 2170. The quantitative estimate of drug-likeness (QED) is 0.219. The first-order chi connectivity index (χ1) is 26.5. The van der Waals surface area contributed by atoms with Crippen LogP contribution in [0.1, 0.15) is 56.9 Å². The van der Waals surface area contributed by atoms with E-state index in [2.05, 4.69) is 46.0 Å². The van der Waals surface area contributed by atoms with Crippen LogP contribution in [-0.4, -0.2) is 74.0 Å². The van der Waals surface area contributed by atoms with E-state index in [4.69, 9.17) is 4.99 Å². The first-order valence-corrected chi connectivity index (χ1v) is 18.8. The van der Waals surface area contributed by atoms with Gasteiger partial charge in [-0.05, 0) is 68.9 Å². The van der Waals surface area contributed by atoms with Crippen molar-refractivity contribution in [2.75, 3.05) is 23.8 Å². The van der Waals surface area contributed by atoms with Crippen molar-refractivity contribution in [3.8, 4) is 0 Å². The largest absolute Gasteiger partial charge is 0.349 e. The summed E-state index contributed by atoms with van der Waals surface area (Å²) in [6.07, 6.45) is 14.7. The van der Waals surface area contributed by atoms with E-state index >= 15 is 0 Å². The maximum Gasteiger partial charge on any atom is 0.330 e. The maximum atomic E-state index is 14.1. The molecule has 3 atom stereocenters. The zero-order valence-corrected chi connectivity index (χ0v) is 32.0. The Labute approximate surface area is 322 Å². The summed E-state index contributed by atoms with van der Waals surface area (Å²) in [6, 6.07) is 12.6. The molecule has 0 fully saturated rings. The van der Waals surface area contributed by atoms with Crippen molar-refractivity contribution >= 4 is 41.0 Å². The molecule has 0 bridgehead atoms. The van der Waals surface area contributed by atoms with E-state index in [0.29, 0.717) is 43.3 Å². The normalized spacial score (nSPS) is 21.0. The standard InChI is InChI=1S/C43H47N9O3/c1-7-19-51-37-21-30(15-18-34(37)38(29-11-9-8-10-12-29)48-35(41(51)54)20-26(2)3)40(53)46-32-16-13-27(4)36(22-32)52-25-31-23-45-42(49-39(31)50(6)43(52)55)47-33-17-14-28(5)44-24-33/h7-14,17-18,21-24,26,30,32,35H,1,15-16,19-20,25H2,2-6H3,(H,46,53)(H,45,47,49)/t30?,32?,35-/m0/s1. The molecule has 4 amide bonds. The lowest BCUT2D eigenvalue weighted by Gasteiger charge is -2.37. The van der Waals surface area contributed by atoms with Crippen LogP contribution in [0.5, 0.6) is 0 Å². The van der Waals surface area contributed by atoms with Crippen LogP contribution in [0.3, 0.4) is 0 Å². The molecule has 0 radical (unpaired) electrons. The number of aryl methyl sites for hydroxylation is 1. The second-order valence-corrected chi connectivity index (χ2v) is 14.8. The molecule has 2 unspecified atom stereocenters. The summed E-state index contributed by atoms with van der Waals surface area (Å²) in [5, 5.41) is 6.39. The van der Waals surface area contributed by atoms with Crippen LogP contribution < -0.4 is 15.5 Å². The summed E-state index contributed by atoms with van der Waals surface area (Å²) < 4.78 is 0. The summed E-state index contributed by atoms with van der Waals surface area (Å²) >= 11 is 0. The monoisotopic (exact) mass is 737 g/mol. The van der Waals surface area contributed by atoms with Gasteiger partial charge in [-0.1, -0.05) is 62.4 Å². The van der Waals surface area contributed by atoms with E-state index in [-0.39, 0.29) is 36.3 Å². The third-order valence-corrected chi connectivity index (χ3v) is 10.2. The first-order valence-electron chi connectivity index (χ1n) is 18.8. The van der Waals surface area contributed by atoms with Crippen molar-refractivity contribution < 1.29 is 14.4 Å². The fraction of sp³-hybridized carbons (Fsp3) is 0.326. The topological polar surface area (TPSA) is 136 Å². The number of pyridine rings is 1. The van der Waals surface area contributed by atoms with Crippen LogP contribution in [0.25, 0.3) is 0 Å². The lowest BCUT2D eigenvalue weighted by Crippen LogP contribution is -2.47. The number of amides is 4. The van der Waals surface area contributed by atoms with E-state index in [9.17, 15) is 14.4 Å². The predicted molar refractivity (Wildman–Crippen MR) is 214 cm³/mol. The summed E-state index contributed by atoms with van der Waals surface area (Å²) in [6.45, 7) is 12.6. The highest BCUT2D eigenvalue weighted by molar-refractivity contribution is 6.17. The minimum absolute atomic E-state index is 0.0996. The number of anilines is 3. The summed E-state index contributed by atoms with van der Waals surface area (Å²) in [7, 11) is 1.70. The van der Waals surface area contributed by atoms with Crippen LogP contribution in [0.2, 0.25) is 0 Å². The molecule has 1 aromatic carbocycles. The molecule has 7 rings (SSSR count). The van der Waals surface area contributed by atoms with Crippen LogP contribution in [0.4, 0.5) is 22.2 Å². The SMILES string of the molecule is C=CCN1C(=O)[C@H](CC(C)C)N=C(c2ccccc2)C2=CCC(C(=O)NC3C=C(N4Cc5cnc(Nc6ccc(C)nc6)nc5N(C)C4=O)C(C)=CC3)C=C21. The number of hydrogen-bond donors (Lipinski definition) is 2. The minimum Gasteiger partial charge on any atom is -0.349 e. The number of carbonyl (C=O) groups is 3. The summed E-state index contributed by atoms with van der Waals surface area (Å²) in [4.78, 5) is 65.5. The number of carbonyl (C=O) groups excluding carboxylic acids is 3. The second kappa shape index (κ2) is 15.7. The number of aliphatic imine (C=N–C) groups is 1. The van der Waals surface area contributed by atoms with Gasteiger partial charge in [0.15, 0.2) is 0 Å². The van der Waals surface area contributed by atoms with Gasteiger partial charge in [0.25, 0.3) is 5.91 Å². The first kappa shape index (κ1) is 37.2.